The molecular weight excluding hydrogens is 487 g/mol. The standard InChI is InChI=1S/C29H25FN4O2S/c1-19-26(28(36)34-21-12-6-3-7-13-21)27(22-14-8-9-15-24(22)30)23(16-31)29(33-19)37-18-25(35)32-17-20-10-4-2-5-11-20/h2-15,27,33H,17-18H2,1H3,(H,32,35)(H,34,36)/t27-/m0/s1. The minimum absolute atomic E-state index is 0.0448. The fourth-order valence-electron chi connectivity index (χ4n) is 4.05. The Morgan fingerprint density at radius 2 is 1.65 bits per heavy atom. The van der Waals surface area contributed by atoms with Gasteiger partial charge in [-0.15, -0.1) is 0 Å². The minimum atomic E-state index is -0.939. The Kier molecular flexibility index (Phi) is 8.39. The highest BCUT2D eigenvalue weighted by Gasteiger charge is 2.36. The highest BCUT2D eigenvalue weighted by Crippen LogP contribution is 2.41. The number of allylic oxidation sites excluding steroid dienone is 2. The topological polar surface area (TPSA) is 94.0 Å². The lowest BCUT2D eigenvalue weighted by Gasteiger charge is -2.30. The number of anilines is 1. The minimum Gasteiger partial charge on any atom is -0.353 e. The molecule has 8 heteroatoms. The Morgan fingerprint density at radius 3 is 2.32 bits per heavy atom. The number of nitrogens with zero attached hydrogens (tertiary/aromatic N) is 1. The summed E-state index contributed by atoms with van der Waals surface area (Å²) < 4.78 is 15.0. The number of halogens is 1. The van der Waals surface area contributed by atoms with Gasteiger partial charge in [-0.05, 0) is 30.7 Å². The molecule has 0 unspecified atom stereocenters. The van der Waals surface area contributed by atoms with Gasteiger partial charge >= 0.3 is 0 Å². The zero-order chi connectivity index (χ0) is 26.2. The molecule has 37 heavy (non-hydrogen) atoms. The summed E-state index contributed by atoms with van der Waals surface area (Å²) >= 11 is 1.14. The third-order valence-corrected chi connectivity index (χ3v) is 6.84. The number of benzene rings is 3. The summed E-state index contributed by atoms with van der Waals surface area (Å²) in [4.78, 5) is 25.9. The largest absolute Gasteiger partial charge is 0.353 e. The fourth-order valence-corrected chi connectivity index (χ4v) is 4.97. The molecule has 3 N–H and O–H groups in total. The fraction of sp³-hybridized carbons (Fsp3) is 0.138. The summed E-state index contributed by atoms with van der Waals surface area (Å²) in [6, 6.07) is 26.7. The van der Waals surface area contributed by atoms with Gasteiger partial charge in [-0.2, -0.15) is 5.26 Å². The van der Waals surface area contributed by atoms with Crippen molar-refractivity contribution in [3.05, 3.63) is 124 Å². The molecule has 1 aliphatic rings. The third-order valence-electron chi connectivity index (χ3n) is 5.82. The molecule has 0 bridgehead atoms. The monoisotopic (exact) mass is 512 g/mol. The van der Waals surface area contributed by atoms with E-state index in [2.05, 4.69) is 22.0 Å². The lowest BCUT2D eigenvalue weighted by Crippen LogP contribution is -2.32. The van der Waals surface area contributed by atoms with Crippen molar-refractivity contribution in [2.45, 2.75) is 19.4 Å². The normalized spacial score (nSPS) is 15.0. The van der Waals surface area contributed by atoms with Crippen molar-refractivity contribution in [1.29, 1.82) is 5.26 Å². The maximum Gasteiger partial charge on any atom is 0.254 e. The molecule has 0 saturated carbocycles. The van der Waals surface area contributed by atoms with E-state index in [-0.39, 0.29) is 28.4 Å². The van der Waals surface area contributed by atoms with E-state index in [1.54, 1.807) is 49.4 Å². The molecule has 1 heterocycles. The van der Waals surface area contributed by atoms with Crippen LogP contribution in [-0.4, -0.2) is 17.6 Å². The van der Waals surface area contributed by atoms with Crippen molar-refractivity contribution in [2.24, 2.45) is 0 Å². The second-order valence-electron chi connectivity index (χ2n) is 8.34. The van der Waals surface area contributed by atoms with E-state index >= 15 is 0 Å². The van der Waals surface area contributed by atoms with Crippen LogP contribution in [0.5, 0.6) is 0 Å². The number of amides is 2. The Bertz CT molecular complexity index is 1400. The molecule has 0 aliphatic carbocycles. The molecule has 0 saturated heterocycles. The summed E-state index contributed by atoms with van der Waals surface area (Å²) in [6.07, 6.45) is 0. The number of carbonyl (C=O) groups is 2. The van der Waals surface area contributed by atoms with E-state index in [4.69, 9.17) is 0 Å². The lowest BCUT2D eigenvalue weighted by molar-refractivity contribution is -0.118. The Morgan fingerprint density at radius 1 is 1.00 bits per heavy atom. The number of para-hydroxylation sites is 1. The van der Waals surface area contributed by atoms with Crippen molar-refractivity contribution < 1.29 is 14.0 Å². The SMILES string of the molecule is CC1=C(C(=O)Nc2ccccc2)[C@@H](c2ccccc2F)C(C#N)=C(SCC(=O)NCc2ccccc2)N1. The zero-order valence-corrected chi connectivity index (χ0v) is 20.9. The number of rotatable bonds is 8. The Labute approximate surface area is 219 Å². The van der Waals surface area contributed by atoms with Crippen LogP contribution in [-0.2, 0) is 16.1 Å². The second-order valence-corrected chi connectivity index (χ2v) is 9.33. The van der Waals surface area contributed by atoms with E-state index < -0.39 is 17.6 Å². The summed E-state index contributed by atoms with van der Waals surface area (Å²) in [7, 11) is 0. The van der Waals surface area contributed by atoms with Crippen molar-refractivity contribution >= 4 is 29.3 Å². The zero-order valence-electron chi connectivity index (χ0n) is 20.1. The number of hydrogen-bond acceptors (Lipinski definition) is 5. The van der Waals surface area contributed by atoms with Crippen molar-refractivity contribution in [3.8, 4) is 6.07 Å². The van der Waals surface area contributed by atoms with Gasteiger partial charge in [0.25, 0.3) is 5.91 Å². The van der Waals surface area contributed by atoms with Crippen LogP contribution in [0.15, 0.2) is 107 Å². The summed E-state index contributed by atoms with van der Waals surface area (Å²) in [5.74, 6) is -2.07. The van der Waals surface area contributed by atoms with Gasteiger partial charge in [-0.1, -0.05) is 78.5 Å². The van der Waals surface area contributed by atoms with Crippen LogP contribution in [0.25, 0.3) is 0 Å². The molecule has 3 aromatic rings. The van der Waals surface area contributed by atoms with E-state index in [0.717, 1.165) is 17.3 Å². The molecule has 0 radical (unpaired) electrons. The van der Waals surface area contributed by atoms with Gasteiger partial charge in [0.2, 0.25) is 5.91 Å². The van der Waals surface area contributed by atoms with Gasteiger partial charge in [-0.25, -0.2) is 4.39 Å². The van der Waals surface area contributed by atoms with Gasteiger partial charge < -0.3 is 16.0 Å². The number of carbonyl (C=O) groups excluding carboxylic acids is 2. The van der Waals surface area contributed by atoms with Crippen LogP contribution in [0.4, 0.5) is 10.1 Å². The molecular formula is C29H25FN4O2S. The Hall–Kier alpha value is -4.35. The van der Waals surface area contributed by atoms with Gasteiger partial charge in [0, 0.05) is 29.1 Å². The molecule has 3 aromatic carbocycles. The van der Waals surface area contributed by atoms with Crippen molar-refractivity contribution in [1.82, 2.24) is 10.6 Å². The van der Waals surface area contributed by atoms with E-state index in [1.165, 1.54) is 6.07 Å². The first-order valence-corrected chi connectivity index (χ1v) is 12.6. The average Bonchev–Trinajstić information content (AvgIpc) is 2.91. The highest BCUT2D eigenvalue weighted by atomic mass is 32.2. The van der Waals surface area contributed by atoms with Crippen LogP contribution in [0.2, 0.25) is 0 Å². The number of dihydropyridines is 1. The van der Waals surface area contributed by atoms with Gasteiger partial charge in [-0.3, -0.25) is 9.59 Å². The molecule has 186 valence electrons. The summed E-state index contributed by atoms with van der Waals surface area (Å²) in [6.45, 7) is 2.09. The maximum absolute atomic E-state index is 15.0. The third kappa shape index (κ3) is 6.26. The van der Waals surface area contributed by atoms with Crippen LogP contribution >= 0.6 is 11.8 Å². The van der Waals surface area contributed by atoms with Crippen LogP contribution < -0.4 is 16.0 Å². The highest BCUT2D eigenvalue weighted by molar-refractivity contribution is 8.03. The number of thioether (sulfide) groups is 1. The molecule has 0 fully saturated rings. The summed E-state index contributed by atoms with van der Waals surface area (Å²) in [5, 5.41) is 19.4. The molecule has 6 nitrogen and oxygen atoms in total. The van der Waals surface area contributed by atoms with Crippen molar-refractivity contribution in [2.75, 3.05) is 11.1 Å². The first-order chi connectivity index (χ1) is 18.0. The van der Waals surface area contributed by atoms with Crippen molar-refractivity contribution in [3.63, 3.8) is 0 Å². The molecule has 0 aromatic heterocycles. The van der Waals surface area contributed by atoms with E-state index in [1.807, 2.05) is 36.4 Å². The number of nitrogens with one attached hydrogen (secondary N) is 3. The quantitative estimate of drug-likeness (QED) is 0.385. The van der Waals surface area contributed by atoms with Gasteiger partial charge in [0.05, 0.1) is 28.3 Å². The predicted octanol–water partition coefficient (Wildman–Crippen LogP) is 5.21. The average molecular weight is 513 g/mol. The Balaban J connectivity index is 1.60. The van der Waals surface area contributed by atoms with Crippen LogP contribution in [0.1, 0.15) is 24.0 Å². The predicted molar refractivity (Wildman–Crippen MR) is 143 cm³/mol. The number of hydrogen-bond donors (Lipinski definition) is 3. The summed E-state index contributed by atoms with van der Waals surface area (Å²) in [5.41, 5.74) is 2.66. The van der Waals surface area contributed by atoms with Crippen LogP contribution in [0, 0.1) is 17.1 Å². The molecule has 2 amide bonds. The van der Waals surface area contributed by atoms with E-state index in [0.29, 0.717) is 23.0 Å². The molecule has 1 atom stereocenters. The first kappa shape index (κ1) is 25.7. The number of nitriles is 1. The molecule has 4 rings (SSSR count). The van der Waals surface area contributed by atoms with Gasteiger partial charge in [0.1, 0.15) is 5.82 Å². The van der Waals surface area contributed by atoms with E-state index in [9.17, 15) is 19.2 Å². The van der Waals surface area contributed by atoms with Gasteiger partial charge in [0.15, 0.2) is 0 Å². The smallest absolute Gasteiger partial charge is 0.254 e. The maximum atomic E-state index is 15.0. The molecule has 1 aliphatic heterocycles. The lowest BCUT2D eigenvalue weighted by atomic mass is 9.82. The second kappa shape index (κ2) is 12.1. The van der Waals surface area contributed by atoms with Crippen LogP contribution in [0.3, 0.4) is 0 Å². The molecule has 0 spiro atoms. The first-order valence-electron chi connectivity index (χ1n) is 11.6.